The number of aliphatic hydroxyl groups is 1. The van der Waals surface area contributed by atoms with Gasteiger partial charge in [-0.1, -0.05) is 20.3 Å². The molecule has 0 radical (unpaired) electrons. The maximum atomic E-state index is 11.8. The number of carboxylic acids is 1. The van der Waals surface area contributed by atoms with E-state index in [1.54, 1.807) is 4.90 Å². The molecule has 0 aromatic heterocycles. The van der Waals surface area contributed by atoms with Crippen molar-refractivity contribution in [3.05, 3.63) is 0 Å². The zero-order valence-electron chi connectivity index (χ0n) is 11.6. The van der Waals surface area contributed by atoms with Crippen molar-refractivity contribution in [3.63, 3.8) is 0 Å². The standard InChI is InChI=1S/C12H24N2O4/c1-5-9(3)7-14(6-2)11(17)13-8-12(4,18)10(15)16/h9,18H,5-8H2,1-4H3,(H,13,17)(H,15,16). The van der Waals surface area contributed by atoms with Crippen LogP contribution in [0.1, 0.15) is 34.1 Å². The van der Waals surface area contributed by atoms with Gasteiger partial charge in [-0.05, 0) is 19.8 Å². The first-order valence-electron chi connectivity index (χ1n) is 6.23. The number of carboxylic acid groups (broad SMARTS) is 1. The van der Waals surface area contributed by atoms with Crippen molar-refractivity contribution in [2.45, 2.75) is 39.7 Å². The minimum atomic E-state index is -1.94. The third kappa shape index (κ3) is 5.35. The minimum absolute atomic E-state index is 0.307. The molecule has 2 atom stereocenters. The Kier molecular flexibility index (Phi) is 6.68. The zero-order valence-corrected chi connectivity index (χ0v) is 11.6. The number of hydrogen-bond donors (Lipinski definition) is 3. The first-order valence-corrected chi connectivity index (χ1v) is 6.23. The van der Waals surface area contributed by atoms with E-state index in [0.29, 0.717) is 19.0 Å². The van der Waals surface area contributed by atoms with Crippen molar-refractivity contribution in [1.82, 2.24) is 10.2 Å². The van der Waals surface area contributed by atoms with Crippen LogP contribution in [0, 0.1) is 5.92 Å². The maximum Gasteiger partial charge on any atom is 0.337 e. The molecule has 0 aliphatic rings. The Balaban J connectivity index is 4.33. The molecule has 0 saturated heterocycles. The highest BCUT2D eigenvalue weighted by Crippen LogP contribution is 2.05. The van der Waals surface area contributed by atoms with Crippen LogP contribution in [0.5, 0.6) is 0 Å². The second-order valence-electron chi connectivity index (χ2n) is 4.79. The van der Waals surface area contributed by atoms with Crippen molar-refractivity contribution in [3.8, 4) is 0 Å². The summed E-state index contributed by atoms with van der Waals surface area (Å²) in [5, 5.41) is 20.6. The monoisotopic (exact) mass is 260 g/mol. The molecule has 0 aromatic carbocycles. The molecule has 2 unspecified atom stereocenters. The molecule has 0 spiro atoms. The van der Waals surface area contributed by atoms with Crippen LogP contribution in [-0.4, -0.2) is 52.3 Å². The van der Waals surface area contributed by atoms with E-state index in [1.165, 1.54) is 0 Å². The van der Waals surface area contributed by atoms with E-state index in [-0.39, 0.29) is 12.6 Å². The van der Waals surface area contributed by atoms with Gasteiger partial charge in [-0.15, -0.1) is 0 Å². The fraction of sp³-hybridized carbons (Fsp3) is 0.833. The van der Waals surface area contributed by atoms with Crippen LogP contribution < -0.4 is 5.32 Å². The first kappa shape index (κ1) is 16.7. The van der Waals surface area contributed by atoms with Gasteiger partial charge in [0.15, 0.2) is 5.60 Å². The summed E-state index contributed by atoms with van der Waals surface area (Å²) in [6.07, 6.45) is 0.969. The lowest BCUT2D eigenvalue weighted by Crippen LogP contribution is -2.50. The summed E-state index contributed by atoms with van der Waals surface area (Å²) in [6.45, 7) is 7.96. The molecule has 0 aliphatic heterocycles. The number of nitrogens with one attached hydrogen (secondary N) is 1. The molecule has 3 N–H and O–H groups in total. The van der Waals surface area contributed by atoms with Gasteiger partial charge >= 0.3 is 12.0 Å². The summed E-state index contributed by atoms with van der Waals surface area (Å²) in [7, 11) is 0. The van der Waals surface area contributed by atoms with E-state index in [2.05, 4.69) is 5.32 Å². The number of carbonyl (C=O) groups excluding carboxylic acids is 1. The summed E-state index contributed by atoms with van der Waals surface area (Å²) >= 11 is 0. The molecule has 18 heavy (non-hydrogen) atoms. The summed E-state index contributed by atoms with van der Waals surface area (Å²) < 4.78 is 0. The van der Waals surface area contributed by atoms with E-state index in [0.717, 1.165) is 13.3 Å². The number of urea groups is 1. The summed E-state index contributed by atoms with van der Waals surface area (Å²) in [5.41, 5.74) is -1.94. The minimum Gasteiger partial charge on any atom is -0.479 e. The lowest BCUT2D eigenvalue weighted by Gasteiger charge is -2.26. The Morgan fingerprint density at radius 1 is 1.39 bits per heavy atom. The lowest BCUT2D eigenvalue weighted by atomic mass is 10.1. The number of aliphatic carboxylic acids is 1. The molecule has 6 heteroatoms. The SMILES string of the molecule is CCC(C)CN(CC)C(=O)NCC(C)(O)C(=O)O. The molecular weight excluding hydrogens is 236 g/mol. The molecule has 0 heterocycles. The van der Waals surface area contributed by atoms with Gasteiger partial charge in [-0.3, -0.25) is 0 Å². The quantitative estimate of drug-likeness (QED) is 0.634. The number of amides is 2. The average Bonchev–Trinajstić information content (AvgIpc) is 2.32. The first-order chi connectivity index (χ1) is 8.24. The molecule has 0 aromatic rings. The Hall–Kier alpha value is -1.30. The molecule has 0 rings (SSSR count). The fourth-order valence-electron chi connectivity index (χ4n) is 1.30. The van der Waals surface area contributed by atoms with Gasteiger partial charge < -0.3 is 20.4 Å². The lowest BCUT2D eigenvalue weighted by molar-refractivity contribution is -0.155. The van der Waals surface area contributed by atoms with Gasteiger partial charge in [0, 0.05) is 13.1 Å². The topological polar surface area (TPSA) is 89.9 Å². The number of hydrogen-bond acceptors (Lipinski definition) is 3. The largest absolute Gasteiger partial charge is 0.479 e. The molecule has 0 aliphatic carbocycles. The second kappa shape index (κ2) is 7.20. The maximum absolute atomic E-state index is 11.8. The van der Waals surface area contributed by atoms with Crippen LogP contribution in [0.4, 0.5) is 4.79 Å². The van der Waals surface area contributed by atoms with E-state index in [9.17, 15) is 14.7 Å². The van der Waals surface area contributed by atoms with Crippen LogP contribution in [0.3, 0.4) is 0 Å². The summed E-state index contributed by atoms with van der Waals surface area (Å²) in [6, 6.07) is -0.348. The average molecular weight is 260 g/mol. The number of carbonyl (C=O) groups is 2. The van der Waals surface area contributed by atoms with Gasteiger partial charge in [-0.2, -0.15) is 0 Å². The highest BCUT2D eigenvalue weighted by molar-refractivity contribution is 5.79. The molecule has 6 nitrogen and oxygen atoms in total. The normalized spacial score (nSPS) is 15.6. The molecule has 0 bridgehead atoms. The highest BCUT2D eigenvalue weighted by atomic mass is 16.4. The van der Waals surface area contributed by atoms with Crippen LogP contribution >= 0.6 is 0 Å². The molecule has 2 amide bonds. The van der Waals surface area contributed by atoms with Crippen molar-refractivity contribution in [2.75, 3.05) is 19.6 Å². The Labute approximate surface area is 108 Å². The van der Waals surface area contributed by atoms with Gasteiger partial charge in [-0.25, -0.2) is 9.59 Å². The predicted octanol–water partition coefficient (Wildman–Crippen LogP) is 0.900. The van der Waals surface area contributed by atoms with Crippen molar-refractivity contribution in [1.29, 1.82) is 0 Å². The Morgan fingerprint density at radius 2 is 1.94 bits per heavy atom. The van der Waals surface area contributed by atoms with Crippen LogP contribution in [0.15, 0.2) is 0 Å². The summed E-state index contributed by atoms with van der Waals surface area (Å²) in [4.78, 5) is 24.1. The number of rotatable bonds is 7. The van der Waals surface area contributed by atoms with E-state index >= 15 is 0 Å². The second-order valence-corrected chi connectivity index (χ2v) is 4.79. The Bertz CT molecular complexity index is 292. The van der Waals surface area contributed by atoms with Gasteiger partial charge in [0.25, 0.3) is 0 Å². The zero-order chi connectivity index (χ0) is 14.3. The van der Waals surface area contributed by atoms with Gasteiger partial charge in [0.1, 0.15) is 0 Å². The van der Waals surface area contributed by atoms with E-state index in [4.69, 9.17) is 5.11 Å². The third-order valence-corrected chi connectivity index (χ3v) is 2.94. The van der Waals surface area contributed by atoms with Gasteiger partial charge in [0.2, 0.25) is 0 Å². The third-order valence-electron chi connectivity index (χ3n) is 2.94. The molecule has 0 fully saturated rings. The van der Waals surface area contributed by atoms with Crippen molar-refractivity contribution < 1.29 is 19.8 Å². The predicted molar refractivity (Wildman–Crippen MR) is 68.4 cm³/mol. The fourth-order valence-corrected chi connectivity index (χ4v) is 1.30. The van der Waals surface area contributed by atoms with E-state index in [1.807, 2.05) is 20.8 Å². The molecule has 106 valence electrons. The van der Waals surface area contributed by atoms with Crippen LogP contribution in [-0.2, 0) is 4.79 Å². The highest BCUT2D eigenvalue weighted by Gasteiger charge is 2.30. The molecular formula is C12H24N2O4. The van der Waals surface area contributed by atoms with Crippen molar-refractivity contribution >= 4 is 12.0 Å². The van der Waals surface area contributed by atoms with Gasteiger partial charge in [0.05, 0.1) is 6.54 Å². The van der Waals surface area contributed by atoms with Crippen LogP contribution in [0.25, 0.3) is 0 Å². The van der Waals surface area contributed by atoms with Crippen molar-refractivity contribution in [2.24, 2.45) is 5.92 Å². The number of nitrogens with zero attached hydrogens (tertiary/aromatic N) is 1. The molecule has 0 saturated carbocycles. The summed E-state index contributed by atoms with van der Waals surface area (Å²) in [5.74, 6) is -0.969. The van der Waals surface area contributed by atoms with Crippen LogP contribution in [0.2, 0.25) is 0 Å². The smallest absolute Gasteiger partial charge is 0.337 e. The van der Waals surface area contributed by atoms with E-state index < -0.39 is 11.6 Å². The Morgan fingerprint density at radius 3 is 2.33 bits per heavy atom.